The first-order valence-electron chi connectivity index (χ1n) is 13.5. The summed E-state index contributed by atoms with van der Waals surface area (Å²) in [5.41, 5.74) is 2.94. The third-order valence-corrected chi connectivity index (χ3v) is 9.25. The van der Waals surface area contributed by atoms with Crippen LogP contribution in [0.5, 0.6) is 5.75 Å². The summed E-state index contributed by atoms with van der Waals surface area (Å²) in [7, 11) is -4.30. The normalized spacial score (nSPS) is 18.0. The van der Waals surface area contributed by atoms with Crippen LogP contribution in [0.3, 0.4) is 0 Å². The molecule has 0 radical (unpaired) electrons. The van der Waals surface area contributed by atoms with E-state index in [0.29, 0.717) is 22.9 Å². The van der Waals surface area contributed by atoms with Crippen LogP contribution in [0.2, 0.25) is 0 Å². The van der Waals surface area contributed by atoms with Crippen molar-refractivity contribution in [1.82, 2.24) is 29.6 Å². The van der Waals surface area contributed by atoms with E-state index in [9.17, 15) is 26.4 Å². The zero-order chi connectivity index (χ0) is 30.2. The molecular formula is C28H26F3N7O4S. The number of nitrogens with zero attached hydrogens (tertiary/aromatic N) is 6. The molecule has 6 rings (SSSR count). The highest BCUT2D eigenvalue weighted by Crippen LogP contribution is 2.39. The first kappa shape index (κ1) is 28.7. The van der Waals surface area contributed by atoms with Gasteiger partial charge in [0.15, 0.2) is 5.65 Å². The van der Waals surface area contributed by atoms with Crippen molar-refractivity contribution in [2.45, 2.75) is 42.6 Å². The van der Waals surface area contributed by atoms with Crippen LogP contribution in [-0.2, 0) is 21.4 Å². The molecular weight excluding hydrogens is 587 g/mol. The SMILES string of the molecule is O=C(NCc1ccc(C2CC2)cc1)[C@H]1CN(c2cnc3cncnc3n2)CCN1S(=O)(=O)c1ccc(OC(F)(F)F)cc1. The molecule has 1 atom stereocenters. The molecule has 4 aromatic rings. The van der Waals surface area contributed by atoms with Crippen LogP contribution in [0, 0.1) is 0 Å². The fraction of sp³-hybridized carbons (Fsp3) is 0.321. The lowest BCUT2D eigenvalue weighted by Crippen LogP contribution is -2.60. The second-order valence-electron chi connectivity index (χ2n) is 10.3. The van der Waals surface area contributed by atoms with Crippen LogP contribution >= 0.6 is 0 Å². The molecule has 2 aromatic carbocycles. The first-order valence-corrected chi connectivity index (χ1v) is 14.9. The summed E-state index contributed by atoms with van der Waals surface area (Å²) in [5.74, 6) is -0.0932. The quantitative estimate of drug-likeness (QED) is 0.318. The zero-order valence-corrected chi connectivity index (χ0v) is 23.4. The van der Waals surface area contributed by atoms with Gasteiger partial charge in [-0.25, -0.2) is 28.4 Å². The van der Waals surface area contributed by atoms with Gasteiger partial charge >= 0.3 is 6.36 Å². The van der Waals surface area contributed by atoms with Gasteiger partial charge in [0.05, 0.1) is 17.3 Å². The van der Waals surface area contributed by atoms with Crippen LogP contribution in [0.25, 0.3) is 11.2 Å². The zero-order valence-electron chi connectivity index (χ0n) is 22.6. The predicted octanol–water partition coefficient (Wildman–Crippen LogP) is 3.39. The second kappa shape index (κ2) is 11.4. The van der Waals surface area contributed by atoms with Gasteiger partial charge in [-0.2, -0.15) is 4.31 Å². The Morgan fingerprint density at radius 1 is 1.00 bits per heavy atom. The number of hydrogen-bond donors (Lipinski definition) is 1. The number of ether oxygens (including phenoxy) is 1. The third kappa shape index (κ3) is 6.51. The van der Waals surface area contributed by atoms with Crippen LogP contribution in [0.1, 0.15) is 29.9 Å². The van der Waals surface area contributed by atoms with E-state index in [2.05, 4.69) is 30.0 Å². The second-order valence-corrected chi connectivity index (χ2v) is 12.2. The Kier molecular flexibility index (Phi) is 7.60. The molecule has 11 nitrogen and oxygen atoms in total. The van der Waals surface area contributed by atoms with Crippen molar-refractivity contribution in [3.8, 4) is 5.75 Å². The maximum absolute atomic E-state index is 13.7. The Labute approximate surface area is 244 Å². The Morgan fingerprint density at radius 2 is 1.74 bits per heavy atom. The van der Waals surface area contributed by atoms with Gasteiger partial charge < -0.3 is 15.0 Å². The average Bonchev–Trinajstić information content (AvgIpc) is 3.85. The number of rotatable bonds is 8. The highest BCUT2D eigenvalue weighted by Gasteiger charge is 2.41. The standard InChI is InChI=1S/C28H26F3N7O4S/c29-28(30,31)42-21-7-9-22(10-8-21)43(40,41)38-12-11-37(25-15-33-23-14-32-17-35-26(23)36-25)16-24(38)27(39)34-13-18-1-3-19(4-2-18)20-5-6-20/h1-4,7-10,14-15,17,20,24H,5-6,11-13,16H2,(H,34,39)/t24-/m1/s1. The highest BCUT2D eigenvalue weighted by molar-refractivity contribution is 7.89. The van der Waals surface area contributed by atoms with Gasteiger partial charge in [0.25, 0.3) is 0 Å². The van der Waals surface area contributed by atoms with E-state index in [4.69, 9.17) is 0 Å². The molecule has 2 fully saturated rings. The Morgan fingerprint density at radius 3 is 2.44 bits per heavy atom. The molecule has 3 heterocycles. The minimum Gasteiger partial charge on any atom is -0.406 e. The number of carbonyl (C=O) groups is 1. The smallest absolute Gasteiger partial charge is 0.406 e. The van der Waals surface area contributed by atoms with E-state index >= 15 is 0 Å². The van der Waals surface area contributed by atoms with Gasteiger partial charge in [0.1, 0.15) is 29.5 Å². The van der Waals surface area contributed by atoms with Crippen molar-refractivity contribution in [3.63, 3.8) is 0 Å². The molecule has 0 spiro atoms. The largest absolute Gasteiger partial charge is 0.573 e. The van der Waals surface area contributed by atoms with Crippen molar-refractivity contribution in [2.24, 2.45) is 0 Å². The predicted molar refractivity (Wildman–Crippen MR) is 148 cm³/mol. The van der Waals surface area contributed by atoms with Crippen LogP contribution in [0.4, 0.5) is 19.0 Å². The van der Waals surface area contributed by atoms with E-state index in [1.807, 2.05) is 24.3 Å². The minimum atomic E-state index is -4.92. The number of hydrogen-bond acceptors (Lipinski definition) is 9. The maximum Gasteiger partial charge on any atom is 0.573 e. The number of sulfonamides is 1. The summed E-state index contributed by atoms with van der Waals surface area (Å²) in [4.78, 5) is 31.9. The van der Waals surface area contributed by atoms with Crippen molar-refractivity contribution < 1.29 is 31.1 Å². The number of halogens is 3. The molecule has 1 amide bonds. The Bertz CT molecular complexity index is 1730. The molecule has 2 aromatic heterocycles. The van der Waals surface area contributed by atoms with Crippen molar-refractivity contribution >= 4 is 32.9 Å². The number of aromatic nitrogens is 4. The fourth-order valence-corrected chi connectivity index (χ4v) is 6.54. The minimum absolute atomic E-state index is 0.0494. The van der Waals surface area contributed by atoms with E-state index < -0.39 is 34.1 Å². The number of carbonyl (C=O) groups excluding carboxylic acids is 1. The number of fused-ring (bicyclic) bond motifs is 1. The number of nitrogens with one attached hydrogen (secondary N) is 1. The fourth-order valence-electron chi connectivity index (χ4n) is 4.97. The number of anilines is 1. The number of alkyl halides is 3. The molecule has 0 bridgehead atoms. The summed E-state index contributed by atoms with van der Waals surface area (Å²) in [6.45, 7) is 0.212. The van der Waals surface area contributed by atoms with E-state index in [1.54, 1.807) is 4.90 Å². The number of piperazine rings is 1. The van der Waals surface area contributed by atoms with Crippen LogP contribution in [-0.4, -0.2) is 70.6 Å². The van der Waals surface area contributed by atoms with Crippen molar-refractivity contribution in [3.05, 3.63) is 78.4 Å². The molecule has 1 N–H and O–H groups in total. The average molecular weight is 614 g/mol. The maximum atomic E-state index is 13.7. The lowest BCUT2D eigenvalue weighted by Gasteiger charge is -2.40. The van der Waals surface area contributed by atoms with Gasteiger partial charge in [0.2, 0.25) is 15.9 Å². The lowest BCUT2D eigenvalue weighted by molar-refractivity contribution is -0.274. The number of amides is 1. The van der Waals surface area contributed by atoms with Gasteiger partial charge in [-0.15, -0.1) is 13.2 Å². The monoisotopic (exact) mass is 613 g/mol. The molecule has 1 saturated heterocycles. The summed E-state index contributed by atoms with van der Waals surface area (Å²) >= 11 is 0. The molecule has 15 heteroatoms. The number of benzene rings is 2. The van der Waals surface area contributed by atoms with Crippen LogP contribution in [0.15, 0.2) is 72.1 Å². The van der Waals surface area contributed by atoms with E-state index in [1.165, 1.54) is 37.1 Å². The van der Waals surface area contributed by atoms with Gasteiger partial charge in [0, 0.05) is 26.2 Å². The summed E-state index contributed by atoms with van der Waals surface area (Å²) in [6.07, 6.45) is 1.78. The van der Waals surface area contributed by atoms with Gasteiger partial charge in [-0.1, -0.05) is 24.3 Å². The molecule has 1 aliphatic heterocycles. The Balaban J connectivity index is 1.24. The molecule has 1 saturated carbocycles. The van der Waals surface area contributed by atoms with E-state index in [0.717, 1.165) is 34.1 Å². The first-order chi connectivity index (χ1) is 20.6. The molecule has 224 valence electrons. The topological polar surface area (TPSA) is 131 Å². The molecule has 1 aliphatic carbocycles. The third-order valence-electron chi connectivity index (χ3n) is 7.33. The van der Waals surface area contributed by atoms with Crippen molar-refractivity contribution in [2.75, 3.05) is 24.5 Å². The summed E-state index contributed by atoms with van der Waals surface area (Å²) in [6, 6.07) is 10.6. The summed E-state index contributed by atoms with van der Waals surface area (Å²) in [5, 5.41) is 2.85. The lowest BCUT2D eigenvalue weighted by atomic mass is 10.1. The molecule has 0 unspecified atom stereocenters. The van der Waals surface area contributed by atoms with Gasteiger partial charge in [-0.05, 0) is 54.2 Å². The molecule has 2 aliphatic rings. The van der Waals surface area contributed by atoms with E-state index in [-0.39, 0.29) is 31.1 Å². The highest BCUT2D eigenvalue weighted by atomic mass is 32.2. The molecule has 43 heavy (non-hydrogen) atoms. The Hall–Kier alpha value is -4.37. The van der Waals surface area contributed by atoms with Gasteiger partial charge in [-0.3, -0.25) is 4.79 Å². The summed E-state index contributed by atoms with van der Waals surface area (Å²) < 4.78 is 70.2. The van der Waals surface area contributed by atoms with Crippen molar-refractivity contribution in [1.29, 1.82) is 0 Å². The van der Waals surface area contributed by atoms with Crippen LogP contribution < -0.4 is 15.0 Å².